The molecule has 0 saturated carbocycles. The largest absolute Gasteiger partial charge is 0.481 e. The molecular weight excluding hydrogens is 244 g/mol. The van der Waals surface area contributed by atoms with Crippen molar-refractivity contribution in [3.05, 3.63) is 0 Å². The summed E-state index contributed by atoms with van der Waals surface area (Å²) in [6.07, 6.45) is 3.52. The summed E-state index contributed by atoms with van der Waals surface area (Å²) in [6.45, 7) is 8.22. The lowest BCUT2D eigenvalue weighted by Gasteiger charge is -2.21. The summed E-state index contributed by atoms with van der Waals surface area (Å²) in [5.74, 6) is -0.313. The Morgan fingerprint density at radius 2 is 1.79 bits per heavy atom. The lowest BCUT2D eigenvalue weighted by Crippen LogP contribution is -2.46. The van der Waals surface area contributed by atoms with Gasteiger partial charge in [0.15, 0.2) is 0 Å². The third kappa shape index (κ3) is 9.33. The molecule has 5 nitrogen and oxygen atoms in total. The number of carboxylic acids is 1. The molecule has 0 rings (SSSR count). The zero-order chi connectivity index (χ0) is 14.8. The van der Waals surface area contributed by atoms with E-state index in [1.165, 1.54) is 0 Å². The van der Waals surface area contributed by atoms with E-state index in [1.54, 1.807) is 0 Å². The van der Waals surface area contributed by atoms with Gasteiger partial charge in [-0.3, -0.25) is 4.79 Å². The van der Waals surface area contributed by atoms with Gasteiger partial charge in [-0.15, -0.1) is 0 Å². The van der Waals surface area contributed by atoms with E-state index >= 15 is 0 Å². The first kappa shape index (κ1) is 17.7. The molecule has 0 fully saturated rings. The summed E-state index contributed by atoms with van der Waals surface area (Å²) in [5.41, 5.74) is 0. The Bertz CT molecular complexity index is 282. The van der Waals surface area contributed by atoms with Crippen LogP contribution in [0.5, 0.6) is 0 Å². The van der Waals surface area contributed by atoms with Gasteiger partial charge in [0.1, 0.15) is 0 Å². The average Bonchev–Trinajstić information content (AvgIpc) is 2.27. The molecule has 5 heteroatoms. The van der Waals surface area contributed by atoms with Crippen molar-refractivity contribution in [1.29, 1.82) is 0 Å². The lowest BCUT2D eigenvalue weighted by molar-refractivity contribution is -0.137. The molecule has 0 aliphatic carbocycles. The van der Waals surface area contributed by atoms with Crippen LogP contribution in [0.3, 0.4) is 0 Å². The van der Waals surface area contributed by atoms with Gasteiger partial charge in [-0.2, -0.15) is 0 Å². The molecule has 0 aliphatic heterocycles. The van der Waals surface area contributed by atoms with E-state index in [9.17, 15) is 9.59 Å². The molecule has 2 amide bonds. The Kier molecular flexibility index (Phi) is 9.00. The zero-order valence-corrected chi connectivity index (χ0v) is 12.5. The van der Waals surface area contributed by atoms with Crippen molar-refractivity contribution in [3.63, 3.8) is 0 Å². The average molecular weight is 272 g/mol. The van der Waals surface area contributed by atoms with Gasteiger partial charge in [-0.1, -0.05) is 33.6 Å². The van der Waals surface area contributed by atoms with Crippen LogP contribution in [-0.4, -0.2) is 29.2 Å². The molecule has 0 aromatic heterocycles. The van der Waals surface area contributed by atoms with E-state index in [4.69, 9.17) is 5.11 Å². The summed E-state index contributed by atoms with van der Waals surface area (Å²) in [6, 6.07) is -0.462. The quantitative estimate of drug-likeness (QED) is 0.604. The van der Waals surface area contributed by atoms with Gasteiger partial charge >= 0.3 is 12.0 Å². The van der Waals surface area contributed by atoms with Crippen molar-refractivity contribution in [3.8, 4) is 0 Å². The maximum Gasteiger partial charge on any atom is 0.315 e. The minimum Gasteiger partial charge on any atom is -0.481 e. The van der Waals surface area contributed by atoms with Crippen molar-refractivity contribution < 1.29 is 14.7 Å². The number of urea groups is 1. The van der Waals surface area contributed by atoms with E-state index in [1.807, 2.05) is 13.8 Å². The third-order valence-corrected chi connectivity index (χ3v) is 3.22. The molecule has 0 aromatic rings. The Morgan fingerprint density at radius 1 is 1.16 bits per heavy atom. The van der Waals surface area contributed by atoms with Crippen molar-refractivity contribution in [2.75, 3.05) is 0 Å². The van der Waals surface area contributed by atoms with Crippen LogP contribution in [0.15, 0.2) is 0 Å². The van der Waals surface area contributed by atoms with Crippen molar-refractivity contribution in [1.82, 2.24) is 10.6 Å². The summed E-state index contributed by atoms with van der Waals surface area (Å²) in [4.78, 5) is 22.5. The number of carbonyl (C=O) groups is 2. The highest BCUT2D eigenvalue weighted by molar-refractivity contribution is 5.75. The molecule has 0 radical (unpaired) electrons. The number of amides is 2. The highest BCUT2D eigenvalue weighted by atomic mass is 16.4. The topological polar surface area (TPSA) is 78.4 Å². The van der Waals surface area contributed by atoms with Crippen LogP contribution < -0.4 is 10.6 Å². The number of carbonyl (C=O) groups excluding carboxylic acids is 1. The van der Waals surface area contributed by atoms with Gasteiger partial charge in [0.05, 0.1) is 6.42 Å². The first-order valence-corrected chi connectivity index (χ1v) is 7.17. The van der Waals surface area contributed by atoms with Gasteiger partial charge < -0.3 is 15.7 Å². The van der Waals surface area contributed by atoms with E-state index in [0.717, 1.165) is 19.3 Å². The normalized spacial score (nSPS) is 15.4. The Morgan fingerprint density at radius 3 is 2.26 bits per heavy atom. The first-order chi connectivity index (χ1) is 8.88. The van der Waals surface area contributed by atoms with Crippen LogP contribution in [0.4, 0.5) is 4.79 Å². The van der Waals surface area contributed by atoms with Gasteiger partial charge in [0, 0.05) is 12.1 Å². The predicted molar refractivity (Wildman–Crippen MR) is 76.2 cm³/mol. The standard InChI is InChI=1S/C14H28N2O3/c1-5-7-12(9-13(17)18)16-14(19)15-11(4)8-10(3)6-2/h10-12H,5-9H2,1-4H3,(H,17,18)(H2,15,16,19). The summed E-state index contributed by atoms with van der Waals surface area (Å²) < 4.78 is 0. The minimum atomic E-state index is -0.883. The van der Waals surface area contributed by atoms with Crippen LogP contribution in [-0.2, 0) is 4.79 Å². The van der Waals surface area contributed by atoms with Crippen LogP contribution >= 0.6 is 0 Å². The predicted octanol–water partition coefficient (Wildman–Crippen LogP) is 2.75. The maximum atomic E-state index is 11.8. The molecule has 112 valence electrons. The Hall–Kier alpha value is -1.26. The van der Waals surface area contributed by atoms with Crippen LogP contribution in [0, 0.1) is 5.92 Å². The zero-order valence-electron chi connectivity index (χ0n) is 12.5. The van der Waals surface area contributed by atoms with Crippen molar-refractivity contribution >= 4 is 12.0 Å². The number of carboxylic acid groups (broad SMARTS) is 1. The fourth-order valence-electron chi connectivity index (χ4n) is 2.06. The van der Waals surface area contributed by atoms with E-state index in [0.29, 0.717) is 12.3 Å². The van der Waals surface area contributed by atoms with Crippen LogP contribution in [0.25, 0.3) is 0 Å². The lowest BCUT2D eigenvalue weighted by atomic mass is 10.0. The Balaban J connectivity index is 4.14. The fourth-order valence-corrected chi connectivity index (χ4v) is 2.06. The highest BCUT2D eigenvalue weighted by Gasteiger charge is 2.16. The molecule has 0 saturated heterocycles. The second kappa shape index (κ2) is 9.64. The number of hydrogen-bond acceptors (Lipinski definition) is 2. The first-order valence-electron chi connectivity index (χ1n) is 7.17. The van der Waals surface area contributed by atoms with E-state index in [2.05, 4.69) is 24.5 Å². The molecule has 0 heterocycles. The summed E-state index contributed by atoms with van der Waals surface area (Å²) >= 11 is 0. The molecule has 0 aliphatic rings. The summed E-state index contributed by atoms with van der Waals surface area (Å²) in [7, 11) is 0. The molecule has 3 atom stereocenters. The van der Waals surface area contributed by atoms with Crippen molar-refractivity contribution in [2.45, 2.75) is 71.9 Å². The molecular formula is C14H28N2O3. The fraction of sp³-hybridized carbons (Fsp3) is 0.857. The summed E-state index contributed by atoms with van der Waals surface area (Å²) in [5, 5.41) is 14.4. The van der Waals surface area contributed by atoms with Gasteiger partial charge in [0.25, 0.3) is 0 Å². The van der Waals surface area contributed by atoms with E-state index < -0.39 is 5.97 Å². The number of nitrogens with one attached hydrogen (secondary N) is 2. The number of rotatable bonds is 9. The number of hydrogen-bond donors (Lipinski definition) is 3. The Labute approximate surface area is 116 Å². The van der Waals surface area contributed by atoms with Crippen molar-refractivity contribution in [2.24, 2.45) is 5.92 Å². The maximum absolute atomic E-state index is 11.8. The van der Waals surface area contributed by atoms with Crippen LogP contribution in [0.2, 0.25) is 0 Å². The third-order valence-electron chi connectivity index (χ3n) is 3.22. The van der Waals surface area contributed by atoms with Gasteiger partial charge in [0.2, 0.25) is 0 Å². The molecule has 0 spiro atoms. The molecule has 3 N–H and O–H groups in total. The SMILES string of the molecule is CCCC(CC(=O)O)NC(=O)NC(C)CC(C)CC. The molecule has 19 heavy (non-hydrogen) atoms. The van der Waals surface area contributed by atoms with Gasteiger partial charge in [-0.25, -0.2) is 4.79 Å². The minimum absolute atomic E-state index is 0.0268. The van der Waals surface area contributed by atoms with E-state index in [-0.39, 0.29) is 24.5 Å². The molecule has 0 aromatic carbocycles. The molecule has 3 unspecified atom stereocenters. The second-order valence-electron chi connectivity index (χ2n) is 5.35. The van der Waals surface area contributed by atoms with Crippen LogP contribution in [0.1, 0.15) is 59.8 Å². The monoisotopic (exact) mass is 272 g/mol. The highest BCUT2D eigenvalue weighted by Crippen LogP contribution is 2.09. The number of aliphatic carboxylic acids is 1. The van der Waals surface area contributed by atoms with Gasteiger partial charge in [-0.05, 0) is 25.7 Å². The molecule has 0 bridgehead atoms. The smallest absolute Gasteiger partial charge is 0.315 e. The second-order valence-corrected chi connectivity index (χ2v) is 5.35.